The fourth-order valence-corrected chi connectivity index (χ4v) is 5.03. The first-order valence-corrected chi connectivity index (χ1v) is 10.4. The number of hydrogen-bond donors (Lipinski definition) is 1. The SMILES string of the molecule is CN(C)c1cccc(C(=O)N2CC[C@]3(C(=O)Nc4ccccc43)[C@H]2c2cnn(C)c2)c1. The second kappa shape index (κ2) is 6.97. The summed E-state index contributed by atoms with van der Waals surface area (Å²) in [7, 11) is 5.75. The molecule has 7 heteroatoms. The molecule has 1 N–H and O–H groups in total. The zero-order chi connectivity index (χ0) is 21.8. The Morgan fingerprint density at radius 2 is 2.00 bits per heavy atom. The number of rotatable bonds is 3. The van der Waals surface area contributed by atoms with Crippen molar-refractivity contribution >= 4 is 23.2 Å². The summed E-state index contributed by atoms with van der Waals surface area (Å²) in [6.45, 7) is 0.492. The normalized spacial score (nSPS) is 22.0. The van der Waals surface area contributed by atoms with Crippen LogP contribution in [0.15, 0.2) is 60.9 Å². The van der Waals surface area contributed by atoms with Crippen molar-refractivity contribution in [3.05, 3.63) is 77.6 Å². The van der Waals surface area contributed by atoms with E-state index in [9.17, 15) is 9.59 Å². The molecule has 0 unspecified atom stereocenters. The maximum absolute atomic E-state index is 13.7. The Bertz CT molecular complexity index is 1180. The number of carbonyl (C=O) groups is 2. The molecular formula is C24H25N5O2. The van der Waals surface area contributed by atoms with Crippen molar-refractivity contribution in [3.8, 4) is 0 Å². The Balaban J connectivity index is 1.63. The van der Waals surface area contributed by atoms with Gasteiger partial charge >= 0.3 is 0 Å². The van der Waals surface area contributed by atoms with Gasteiger partial charge in [-0.15, -0.1) is 0 Å². The van der Waals surface area contributed by atoms with Gasteiger partial charge in [-0.2, -0.15) is 5.10 Å². The summed E-state index contributed by atoms with van der Waals surface area (Å²) in [5.41, 5.74) is 3.39. The van der Waals surface area contributed by atoms with Gasteiger partial charge in [0.05, 0.1) is 12.2 Å². The van der Waals surface area contributed by atoms with Crippen LogP contribution in [-0.2, 0) is 17.3 Å². The van der Waals surface area contributed by atoms with Gasteiger partial charge in [0.15, 0.2) is 0 Å². The molecule has 3 aromatic rings. The Morgan fingerprint density at radius 3 is 2.74 bits per heavy atom. The van der Waals surface area contributed by atoms with Crippen LogP contribution in [0.3, 0.4) is 0 Å². The molecule has 2 aliphatic rings. The molecule has 1 fully saturated rings. The number of aryl methyl sites for hydroxylation is 1. The van der Waals surface area contributed by atoms with Crippen LogP contribution in [0.25, 0.3) is 0 Å². The van der Waals surface area contributed by atoms with Crippen molar-refractivity contribution in [3.63, 3.8) is 0 Å². The van der Waals surface area contributed by atoms with Gasteiger partial charge in [0.25, 0.3) is 5.91 Å². The average molecular weight is 415 g/mol. The molecule has 2 aliphatic heterocycles. The van der Waals surface area contributed by atoms with Gasteiger partial charge in [0, 0.05) is 56.4 Å². The van der Waals surface area contributed by atoms with Gasteiger partial charge in [-0.3, -0.25) is 14.3 Å². The first-order valence-electron chi connectivity index (χ1n) is 10.4. The van der Waals surface area contributed by atoms with Crippen molar-refractivity contribution in [1.29, 1.82) is 0 Å². The van der Waals surface area contributed by atoms with E-state index in [0.717, 1.165) is 22.5 Å². The van der Waals surface area contributed by atoms with Gasteiger partial charge in [-0.1, -0.05) is 24.3 Å². The summed E-state index contributed by atoms with van der Waals surface area (Å²) in [5.74, 6) is -0.133. The third-order valence-electron chi connectivity index (χ3n) is 6.50. The highest BCUT2D eigenvalue weighted by atomic mass is 16.2. The number of nitrogens with one attached hydrogen (secondary N) is 1. The minimum atomic E-state index is -0.825. The lowest BCUT2D eigenvalue weighted by atomic mass is 9.73. The summed E-state index contributed by atoms with van der Waals surface area (Å²) < 4.78 is 1.72. The molecule has 2 aromatic carbocycles. The van der Waals surface area contributed by atoms with E-state index in [0.29, 0.717) is 18.5 Å². The van der Waals surface area contributed by atoms with Crippen LogP contribution >= 0.6 is 0 Å². The molecule has 1 saturated heterocycles. The van der Waals surface area contributed by atoms with Crippen LogP contribution in [0.5, 0.6) is 0 Å². The van der Waals surface area contributed by atoms with Crippen LogP contribution in [0.4, 0.5) is 11.4 Å². The number of anilines is 2. The van der Waals surface area contributed by atoms with Crippen molar-refractivity contribution in [1.82, 2.24) is 14.7 Å². The van der Waals surface area contributed by atoms with Crippen LogP contribution in [0.2, 0.25) is 0 Å². The van der Waals surface area contributed by atoms with E-state index in [-0.39, 0.29) is 11.8 Å². The Kier molecular flexibility index (Phi) is 4.36. The summed E-state index contributed by atoms with van der Waals surface area (Å²) in [6.07, 6.45) is 4.24. The van der Waals surface area contributed by atoms with E-state index in [1.165, 1.54) is 0 Å². The molecule has 0 aliphatic carbocycles. The standard InChI is InChI=1S/C24H25N5O2/c1-27(2)18-8-6-7-16(13-18)22(30)29-12-11-24(21(29)17-14-25-28(3)15-17)19-9-4-5-10-20(19)26-23(24)31/h4-10,13-15,21H,11-12H2,1-3H3,(H,26,31)/t21-,24-/m1/s1. The minimum absolute atomic E-state index is 0.0557. The Labute approximate surface area is 181 Å². The summed E-state index contributed by atoms with van der Waals surface area (Å²) in [5, 5.41) is 7.39. The number of nitrogens with zero attached hydrogens (tertiary/aromatic N) is 4. The summed E-state index contributed by atoms with van der Waals surface area (Å²) >= 11 is 0. The molecule has 0 saturated carbocycles. The van der Waals surface area contributed by atoms with Gasteiger partial charge in [0.2, 0.25) is 5.91 Å². The molecule has 31 heavy (non-hydrogen) atoms. The molecule has 2 amide bonds. The van der Waals surface area contributed by atoms with E-state index in [4.69, 9.17) is 0 Å². The van der Waals surface area contributed by atoms with Crippen LogP contribution in [0, 0.1) is 0 Å². The number of likely N-dealkylation sites (tertiary alicyclic amines) is 1. The Morgan fingerprint density at radius 1 is 1.19 bits per heavy atom. The lowest BCUT2D eigenvalue weighted by Gasteiger charge is -2.33. The number of fused-ring (bicyclic) bond motifs is 2. The molecule has 1 spiro atoms. The topological polar surface area (TPSA) is 70.5 Å². The van der Waals surface area contributed by atoms with Crippen molar-refractivity contribution in [2.75, 3.05) is 30.9 Å². The van der Waals surface area contributed by atoms with Crippen LogP contribution in [0.1, 0.15) is 33.9 Å². The highest BCUT2D eigenvalue weighted by Gasteiger charge is 2.59. The molecular weight excluding hydrogens is 390 g/mol. The van der Waals surface area contributed by atoms with Gasteiger partial charge in [0.1, 0.15) is 5.41 Å². The smallest absolute Gasteiger partial charge is 0.254 e. The maximum atomic E-state index is 13.7. The zero-order valence-electron chi connectivity index (χ0n) is 17.9. The number of amides is 2. The highest BCUT2D eigenvalue weighted by Crippen LogP contribution is 2.54. The first-order chi connectivity index (χ1) is 14.9. The first kappa shape index (κ1) is 19.4. The fourth-order valence-electron chi connectivity index (χ4n) is 5.03. The molecule has 2 atom stereocenters. The lowest BCUT2D eigenvalue weighted by molar-refractivity contribution is -0.121. The second-order valence-corrected chi connectivity index (χ2v) is 8.51. The predicted molar refractivity (Wildman–Crippen MR) is 119 cm³/mol. The summed E-state index contributed by atoms with van der Waals surface area (Å²) in [4.78, 5) is 30.9. The highest BCUT2D eigenvalue weighted by molar-refractivity contribution is 6.08. The average Bonchev–Trinajstić information content (AvgIpc) is 3.44. The van der Waals surface area contributed by atoms with E-state index in [2.05, 4.69) is 10.4 Å². The third kappa shape index (κ3) is 2.84. The van der Waals surface area contributed by atoms with E-state index in [1.807, 2.05) is 85.7 Å². The van der Waals surface area contributed by atoms with Gasteiger partial charge in [-0.25, -0.2) is 0 Å². The fraction of sp³-hybridized carbons (Fsp3) is 0.292. The number of carbonyl (C=O) groups excluding carboxylic acids is 2. The molecule has 3 heterocycles. The number of aromatic nitrogens is 2. The Hall–Kier alpha value is -3.61. The molecule has 158 valence electrons. The molecule has 0 radical (unpaired) electrons. The van der Waals surface area contributed by atoms with Crippen molar-refractivity contribution < 1.29 is 9.59 Å². The monoisotopic (exact) mass is 415 g/mol. The maximum Gasteiger partial charge on any atom is 0.254 e. The molecule has 7 nitrogen and oxygen atoms in total. The van der Waals surface area contributed by atoms with E-state index >= 15 is 0 Å². The number of benzene rings is 2. The molecule has 1 aromatic heterocycles. The summed E-state index contributed by atoms with van der Waals surface area (Å²) in [6, 6.07) is 15.0. The lowest BCUT2D eigenvalue weighted by Crippen LogP contribution is -2.42. The quantitative estimate of drug-likeness (QED) is 0.714. The number of para-hydroxylation sites is 1. The van der Waals surface area contributed by atoms with Gasteiger partial charge < -0.3 is 15.1 Å². The van der Waals surface area contributed by atoms with E-state index < -0.39 is 11.5 Å². The van der Waals surface area contributed by atoms with Crippen molar-refractivity contribution in [2.24, 2.45) is 7.05 Å². The van der Waals surface area contributed by atoms with Crippen LogP contribution < -0.4 is 10.2 Å². The second-order valence-electron chi connectivity index (χ2n) is 8.51. The van der Waals surface area contributed by atoms with Crippen molar-refractivity contribution in [2.45, 2.75) is 17.9 Å². The molecule has 5 rings (SSSR count). The largest absolute Gasteiger partial charge is 0.378 e. The minimum Gasteiger partial charge on any atom is -0.378 e. The zero-order valence-corrected chi connectivity index (χ0v) is 17.9. The predicted octanol–water partition coefficient (Wildman–Crippen LogP) is 2.96. The van der Waals surface area contributed by atoms with Crippen LogP contribution in [-0.4, -0.2) is 47.1 Å². The third-order valence-corrected chi connectivity index (χ3v) is 6.50. The molecule has 0 bridgehead atoms. The number of hydrogen-bond acceptors (Lipinski definition) is 4. The van der Waals surface area contributed by atoms with Gasteiger partial charge in [-0.05, 0) is 36.2 Å². The van der Waals surface area contributed by atoms with E-state index in [1.54, 1.807) is 10.9 Å².